The normalized spacial score (nSPS) is 13.1. The molecule has 1 aromatic heterocycles. The minimum atomic E-state index is -1.36. The Bertz CT molecular complexity index is 900. The molecule has 13 N–H and O–H groups in total. The number of aromatic nitrogens is 2. The van der Waals surface area contributed by atoms with Gasteiger partial charge in [-0.3, -0.25) is 24.2 Å². The van der Waals surface area contributed by atoms with Crippen LogP contribution in [0.5, 0.6) is 0 Å². The number of amides is 4. The van der Waals surface area contributed by atoms with Crippen LogP contribution in [0, 0.1) is 0 Å². The molecule has 0 aliphatic carbocycles. The summed E-state index contributed by atoms with van der Waals surface area (Å²) >= 11 is 0. The van der Waals surface area contributed by atoms with E-state index in [1.165, 1.54) is 12.5 Å². The third-order valence-electron chi connectivity index (χ3n) is 4.65. The highest BCUT2D eigenvalue weighted by molar-refractivity contribution is 5.92. The van der Waals surface area contributed by atoms with Gasteiger partial charge in [0, 0.05) is 31.3 Å². The fraction of sp³-hybridized carbons (Fsp3) is 0.526. The molecule has 0 spiro atoms. The molecule has 0 radical (unpaired) electrons. The number of carboxylic acid groups (broad SMARTS) is 1. The van der Waals surface area contributed by atoms with Gasteiger partial charge >= 0.3 is 5.97 Å². The Hall–Kier alpha value is -4.21. The van der Waals surface area contributed by atoms with Crippen molar-refractivity contribution in [1.29, 1.82) is 0 Å². The van der Waals surface area contributed by atoms with E-state index in [1.54, 1.807) is 0 Å². The molecular weight excluding hydrogens is 464 g/mol. The van der Waals surface area contributed by atoms with Crippen molar-refractivity contribution in [3.8, 4) is 0 Å². The first-order valence-electron chi connectivity index (χ1n) is 10.7. The van der Waals surface area contributed by atoms with Crippen LogP contribution in [0.25, 0.3) is 0 Å². The largest absolute Gasteiger partial charge is 0.480 e. The van der Waals surface area contributed by atoms with E-state index in [4.69, 9.17) is 28.0 Å². The summed E-state index contributed by atoms with van der Waals surface area (Å²) in [5.74, 6) is -4.27. The molecule has 0 bridgehead atoms. The summed E-state index contributed by atoms with van der Waals surface area (Å²) in [5.41, 5.74) is 21.9. The van der Waals surface area contributed by atoms with Crippen LogP contribution in [0.1, 0.15) is 31.4 Å². The second kappa shape index (κ2) is 14.8. The molecule has 16 nitrogen and oxygen atoms in total. The van der Waals surface area contributed by atoms with Crippen molar-refractivity contribution in [2.75, 3.05) is 13.1 Å². The maximum Gasteiger partial charge on any atom is 0.326 e. The van der Waals surface area contributed by atoms with Crippen LogP contribution in [-0.4, -0.2) is 81.8 Å². The van der Waals surface area contributed by atoms with Crippen molar-refractivity contribution in [1.82, 2.24) is 25.9 Å². The Morgan fingerprint density at radius 3 is 2.34 bits per heavy atom. The lowest BCUT2D eigenvalue weighted by Crippen LogP contribution is -2.54. The molecule has 16 heteroatoms. The summed E-state index contributed by atoms with van der Waals surface area (Å²) in [6, 6.07) is -3.40. The number of imidazole rings is 1. The molecule has 1 aromatic rings. The smallest absolute Gasteiger partial charge is 0.326 e. The highest BCUT2D eigenvalue weighted by Gasteiger charge is 2.26. The first kappa shape index (κ1) is 28.8. The van der Waals surface area contributed by atoms with Crippen LogP contribution in [-0.2, 0) is 30.4 Å². The third-order valence-corrected chi connectivity index (χ3v) is 4.65. The van der Waals surface area contributed by atoms with Gasteiger partial charge in [0.2, 0.25) is 23.6 Å². The Labute approximate surface area is 200 Å². The molecule has 1 rings (SSSR count). The standard InChI is InChI=1S/C19H32N10O6/c20-11(2-1-5-25-19(22)23)16(32)29-13(6-10-7-24-9-27-10)17(33)26-8-15(31)28-12(18(34)35)3-4-14(21)30/h7,9,11-13H,1-6,8,20H2,(H2,21,30)(H,24,27)(H,26,33)(H,28,31)(H,29,32)(H,34,35)(H4,22,23,25). The number of nitrogens with one attached hydrogen (secondary N) is 4. The van der Waals surface area contributed by atoms with Crippen molar-refractivity contribution in [2.24, 2.45) is 27.9 Å². The molecule has 0 saturated carbocycles. The summed E-state index contributed by atoms with van der Waals surface area (Å²) in [4.78, 5) is 69.9. The minimum Gasteiger partial charge on any atom is -0.480 e. The topological polar surface area (TPSA) is 287 Å². The number of hydrogen-bond acceptors (Lipinski definition) is 8. The molecule has 4 amide bonds. The Balaban J connectivity index is 2.69. The quantitative estimate of drug-likeness (QED) is 0.0603. The van der Waals surface area contributed by atoms with Gasteiger partial charge < -0.3 is 49.0 Å². The van der Waals surface area contributed by atoms with Gasteiger partial charge in [0.25, 0.3) is 0 Å². The number of guanidine groups is 1. The number of aliphatic carboxylic acids is 1. The van der Waals surface area contributed by atoms with E-state index in [9.17, 15) is 24.0 Å². The molecule has 0 saturated heterocycles. The number of carboxylic acids is 1. The summed E-state index contributed by atoms with van der Waals surface area (Å²) in [6.45, 7) is -0.285. The Kier molecular flexibility index (Phi) is 12.2. The molecule has 0 aromatic carbocycles. The van der Waals surface area contributed by atoms with Gasteiger partial charge in [-0.2, -0.15) is 0 Å². The summed E-state index contributed by atoms with van der Waals surface area (Å²) < 4.78 is 0. The number of nitrogens with zero attached hydrogens (tertiary/aromatic N) is 2. The molecule has 0 aliphatic heterocycles. The van der Waals surface area contributed by atoms with Gasteiger partial charge in [0.15, 0.2) is 5.96 Å². The summed E-state index contributed by atoms with van der Waals surface area (Å²) in [6.07, 6.45) is 3.13. The number of hydrogen-bond donors (Lipinski definition) is 9. The molecule has 3 atom stereocenters. The number of nitrogens with two attached hydrogens (primary N) is 4. The molecule has 0 fully saturated rings. The number of H-pyrrole nitrogens is 1. The zero-order chi connectivity index (χ0) is 26.4. The fourth-order valence-electron chi connectivity index (χ4n) is 2.83. The summed E-state index contributed by atoms with van der Waals surface area (Å²) in [7, 11) is 0. The van der Waals surface area contributed by atoms with Gasteiger partial charge in [0.05, 0.1) is 18.9 Å². The maximum atomic E-state index is 12.7. The molecule has 1 heterocycles. The van der Waals surface area contributed by atoms with Crippen molar-refractivity contribution >= 4 is 35.6 Å². The van der Waals surface area contributed by atoms with Crippen molar-refractivity contribution < 1.29 is 29.1 Å². The van der Waals surface area contributed by atoms with Crippen molar-refractivity contribution in [3.05, 3.63) is 18.2 Å². The van der Waals surface area contributed by atoms with Crippen molar-refractivity contribution in [2.45, 2.75) is 50.2 Å². The minimum absolute atomic E-state index is 0.0241. The molecule has 0 aliphatic rings. The van der Waals surface area contributed by atoms with Gasteiger partial charge in [-0.05, 0) is 19.3 Å². The van der Waals surface area contributed by atoms with Crippen LogP contribution < -0.4 is 38.9 Å². The number of aliphatic imine (C=N–C) groups is 1. The van der Waals surface area contributed by atoms with Crippen molar-refractivity contribution in [3.63, 3.8) is 0 Å². The molecule has 194 valence electrons. The highest BCUT2D eigenvalue weighted by Crippen LogP contribution is 2.02. The predicted octanol–water partition coefficient (Wildman–Crippen LogP) is -4.23. The second-order valence-electron chi connectivity index (χ2n) is 7.58. The lowest BCUT2D eigenvalue weighted by molar-refractivity contribution is -0.142. The molecular formula is C19H32N10O6. The lowest BCUT2D eigenvalue weighted by Gasteiger charge is -2.20. The van der Waals surface area contributed by atoms with E-state index in [2.05, 4.69) is 30.9 Å². The van der Waals surface area contributed by atoms with E-state index >= 15 is 0 Å². The Morgan fingerprint density at radius 1 is 1.06 bits per heavy atom. The molecule has 35 heavy (non-hydrogen) atoms. The van der Waals surface area contributed by atoms with Gasteiger partial charge in [0.1, 0.15) is 12.1 Å². The Morgan fingerprint density at radius 2 is 1.77 bits per heavy atom. The summed E-state index contributed by atoms with van der Waals surface area (Å²) in [5, 5.41) is 16.2. The lowest BCUT2D eigenvalue weighted by atomic mass is 10.1. The molecule has 3 unspecified atom stereocenters. The number of primary amides is 1. The fourth-order valence-corrected chi connectivity index (χ4v) is 2.83. The van der Waals surface area contributed by atoms with Gasteiger partial charge in [-0.25, -0.2) is 9.78 Å². The maximum absolute atomic E-state index is 12.7. The highest BCUT2D eigenvalue weighted by atomic mass is 16.4. The second-order valence-corrected chi connectivity index (χ2v) is 7.58. The van der Waals surface area contributed by atoms with E-state index in [0.717, 1.165) is 0 Å². The van der Waals surface area contributed by atoms with Crippen LogP contribution in [0.3, 0.4) is 0 Å². The zero-order valence-corrected chi connectivity index (χ0v) is 19.0. The van der Waals surface area contributed by atoms with E-state index in [0.29, 0.717) is 12.1 Å². The average Bonchev–Trinajstić information content (AvgIpc) is 3.29. The van der Waals surface area contributed by atoms with E-state index in [1.807, 2.05) is 0 Å². The number of rotatable bonds is 16. The first-order valence-corrected chi connectivity index (χ1v) is 10.7. The monoisotopic (exact) mass is 496 g/mol. The first-order chi connectivity index (χ1) is 16.5. The van der Waals surface area contributed by atoms with Crippen LogP contribution in [0.4, 0.5) is 0 Å². The number of aromatic amines is 1. The average molecular weight is 497 g/mol. The van der Waals surface area contributed by atoms with Crippen LogP contribution >= 0.6 is 0 Å². The van der Waals surface area contributed by atoms with Crippen LogP contribution in [0.15, 0.2) is 17.5 Å². The number of carbonyl (C=O) groups excluding carboxylic acids is 4. The zero-order valence-electron chi connectivity index (χ0n) is 19.0. The van der Waals surface area contributed by atoms with Crippen LogP contribution in [0.2, 0.25) is 0 Å². The van der Waals surface area contributed by atoms with Gasteiger partial charge in [-0.15, -0.1) is 0 Å². The predicted molar refractivity (Wildman–Crippen MR) is 123 cm³/mol. The van der Waals surface area contributed by atoms with E-state index < -0.39 is 54.3 Å². The van der Waals surface area contributed by atoms with Gasteiger partial charge in [-0.1, -0.05) is 0 Å². The van der Waals surface area contributed by atoms with E-state index in [-0.39, 0.29) is 38.2 Å². The SMILES string of the molecule is NC(=O)CCC(NC(=O)CNC(=O)C(Cc1cnc[nH]1)NC(=O)C(N)CCCN=C(N)N)C(=O)O. The number of carbonyl (C=O) groups is 5. The third kappa shape index (κ3) is 12.0.